The van der Waals surface area contributed by atoms with Crippen LogP contribution in [0.1, 0.15) is 39.2 Å². The molecule has 0 aromatic heterocycles. The molecule has 2 nitrogen and oxygen atoms in total. The summed E-state index contributed by atoms with van der Waals surface area (Å²) >= 11 is 6.10. The molecule has 0 aliphatic rings. The number of nitrogens with zero attached hydrogens (tertiary/aromatic N) is 1. The van der Waals surface area contributed by atoms with Crippen molar-refractivity contribution in [3.63, 3.8) is 0 Å². The van der Waals surface area contributed by atoms with Crippen LogP contribution >= 0.6 is 11.6 Å². The summed E-state index contributed by atoms with van der Waals surface area (Å²) in [6.45, 7) is 10.6. The van der Waals surface area contributed by atoms with Crippen LogP contribution in [0.3, 0.4) is 0 Å². The molecule has 0 saturated heterocycles. The maximum absolute atomic E-state index is 6.10. The van der Waals surface area contributed by atoms with Crippen molar-refractivity contribution >= 4 is 17.3 Å². The smallest absolute Gasteiger partial charge is 0.0412 e. The van der Waals surface area contributed by atoms with Gasteiger partial charge in [-0.05, 0) is 43.7 Å². The van der Waals surface area contributed by atoms with Gasteiger partial charge >= 0.3 is 0 Å². The summed E-state index contributed by atoms with van der Waals surface area (Å²) < 4.78 is 0. The minimum Gasteiger partial charge on any atom is -0.372 e. The van der Waals surface area contributed by atoms with Crippen molar-refractivity contribution in [1.82, 2.24) is 5.32 Å². The lowest BCUT2D eigenvalue weighted by molar-refractivity contribution is 0.704. The molecule has 0 aliphatic heterocycles. The van der Waals surface area contributed by atoms with Crippen LogP contribution < -0.4 is 10.2 Å². The zero-order chi connectivity index (χ0) is 13.4. The first-order valence-corrected chi connectivity index (χ1v) is 7.34. The Morgan fingerprint density at radius 1 is 1.22 bits per heavy atom. The van der Waals surface area contributed by atoms with E-state index in [0.717, 1.165) is 31.2 Å². The van der Waals surface area contributed by atoms with Crippen molar-refractivity contribution < 1.29 is 0 Å². The van der Waals surface area contributed by atoms with E-state index >= 15 is 0 Å². The number of benzene rings is 1. The molecular formula is C15H25ClN2. The van der Waals surface area contributed by atoms with Crippen molar-refractivity contribution in [3.8, 4) is 0 Å². The largest absolute Gasteiger partial charge is 0.372 e. The van der Waals surface area contributed by atoms with Crippen molar-refractivity contribution in [1.29, 1.82) is 0 Å². The van der Waals surface area contributed by atoms with E-state index in [1.807, 2.05) is 6.07 Å². The van der Waals surface area contributed by atoms with Gasteiger partial charge in [0.05, 0.1) is 0 Å². The molecule has 0 bridgehead atoms. The number of rotatable bonds is 8. The third-order valence-corrected chi connectivity index (χ3v) is 3.35. The fourth-order valence-electron chi connectivity index (χ4n) is 2.06. The Balaban J connectivity index is 2.89. The van der Waals surface area contributed by atoms with Crippen LogP contribution in [0.4, 0.5) is 5.69 Å². The first-order valence-electron chi connectivity index (χ1n) is 6.97. The monoisotopic (exact) mass is 268 g/mol. The second-order valence-electron chi connectivity index (χ2n) is 4.49. The maximum atomic E-state index is 6.10. The van der Waals surface area contributed by atoms with Crippen LogP contribution in [0.25, 0.3) is 0 Å². The average Bonchev–Trinajstić information content (AvgIpc) is 2.38. The fourth-order valence-corrected chi connectivity index (χ4v) is 2.26. The zero-order valence-electron chi connectivity index (χ0n) is 11.8. The van der Waals surface area contributed by atoms with Gasteiger partial charge in [0.15, 0.2) is 0 Å². The molecular weight excluding hydrogens is 244 g/mol. The van der Waals surface area contributed by atoms with Crippen LogP contribution in [0, 0.1) is 0 Å². The number of hydrogen-bond donors (Lipinski definition) is 1. The predicted molar refractivity (Wildman–Crippen MR) is 81.6 cm³/mol. The summed E-state index contributed by atoms with van der Waals surface area (Å²) in [5.74, 6) is 0. The van der Waals surface area contributed by atoms with Gasteiger partial charge in [0.2, 0.25) is 0 Å². The number of hydrogen-bond acceptors (Lipinski definition) is 2. The Kier molecular flexibility index (Phi) is 7.14. The standard InChI is InChI=1S/C15H25ClN2/c1-4-7-10-18(6-3)15-9-8-14(16)11-13(15)12-17-5-2/h8-9,11,17H,4-7,10,12H2,1-3H3. The molecule has 1 aromatic rings. The molecule has 0 saturated carbocycles. The highest BCUT2D eigenvalue weighted by molar-refractivity contribution is 6.30. The van der Waals surface area contributed by atoms with Crippen LogP contribution in [-0.2, 0) is 6.54 Å². The molecule has 0 unspecified atom stereocenters. The second kappa shape index (κ2) is 8.39. The van der Waals surface area contributed by atoms with Crippen molar-refractivity contribution in [2.45, 2.75) is 40.2 Å². The van der Waals surface area contributed by atoms with Gasteiger partial charge < -0.3 is 10.2 Å². The lowest BCUT2D eigenvalue weighted by atomic mass is 10.1. The van der Waals surface area contributed by atoms with Crippen LogP contribution in [0.15, 0.2) is 18.2 Å². The molecule has 3 heteroatoms. The average molecular weight is 269 g/mol. The van der Waals surface area contributed by atoms with E-state index in [1.54, 1.807) is 0 Å². The highest BCUT2D eigenvalue weighted by Gasteiger charge is 2.09. The van der Waals surface area contributed by atoms with E-state index in [1.165, 1.54) is 24.1 Å². The Morgan fingerprint density at radius 3 is 2.61 bits per heavy atom. The number of unbranched alkanes of at least 4 members (excludes halogenated alkanes) is 1. The third-order valence-electron chi connectivity index (χ3n) is 3.11. The van der Waals surface area contributed by atoms with E-state index in [-0.39, 0.29) is 0 Å². The topological polar surface area (TPSA) is 15.3 Å². The molecule has 0 atom stereocenters. The summed E-state index contributed by atoms with van der Waals surface area (Å²) in [6, 6.07) is 6.21. The first-order chi connectivity index (χ1) is 8.72. The van der Waals surface area contributed by atoms with Gasteiger partial charge in [0.1, 0.15) is 0 Å². The van der Waals surface area contributed by atoms with Gasteiger partial charge in [0.25, 0.3) is 0 Å². The van der Waals surface area contributed by atoms with E-state index in [0.29, 0.717) is 0 Å². The van der Waals surface area contributed by atoms with Gasteiger partial charge in [-0.2, -0.15) is 0 Å². The third kappa shape index (κ3) is 4.51. The quantitative estimate of drug-likeness (QED) is 0.764. The summed E-state index contributed by atoms with van der Waals surface area (Å²) in [4.78, 5) is 2.44. The van der Waals surface area contributed by atoms with Gasteiger partial charge in [-0.3, -0.25) is 0 Å². The minimum atomic E-state index is 0.818. The molecule has 0 radical (unpaired) electrons. The van der Waals surface area contributed by atoms with Crippen LogP contribution in [-0.4, -0.2) is 19.6 Å². The molecule has 0 aliphatic carbocycles. The molecule has 1 rings (SSSR count). The number of anilines is 1. The van der Waals surface area contributed by atoms with E-state index in [2.05, 4.69) is 43.1 Å². The highest BCUT2D eigenvalue weighted by Crippen LogP contribution is 2.24. The highest BCUT2D eigenvalue weighted by atomic mass is 35.5. The lowest BCUT2D eigenvalue weighted by Crippen LogP contribution is -2.26. The Labute approximate surface area is 116 Å². The maximum Gasteiger partial charge on any atom is 0.0412 e. The fraction of sp³-hybridized carbons (Fsp3) is 0.600. The molecule has 0 amide bonds. The first kappa shape index (κ1) is 15.3. The minimum absolute atomic E-state index is 0.818. The Bertz CT molecular complexity index is 352. The van der Waals surface area contributed by atoms with E-state index < -0.39 is 0 Å². The lowest BCUT2D eigenvalue weighted by Gasteiger charge is -2.26. The van der Waals surface area contributed by atoms with Crippen molar-refractivity contribution in [2.24, 2.45) is 0 Å². The molecule has 0 fully saturated rings. The Hall–Kier alpha value is -0.730. The Morgan fingerprint density at radius 2 is 2.00 bits per heavy atom. The van der Waals surface area contributed by atoms with Gasteiger partial charge in [0, 0.05) is 30.3 Å². The molecule has 1 N–H and O–H groups in total. The SMILES string of the molecule is CCCCN(CC)c1ccc(Cl)cc1CNCC. The van der Waals surface area contributed by atoms with Crippen molar-refractivity contribution in [2.75, 3.05) is 24.5 Å². The normalized spacial score (nSPS) is 10.7. The van der Waals surface area contributed by atoms with Gasteiger partial charge in [-0.15, -0.1) is 0 Å². The van der Waals surface area contributed by atoms with E-state index in [9.17, 15) is 0 Å². The second-order valence-corrected chi connectivity index (χ2v) is 4.92. The summed E-state index contributed by atoms with van der Waals surface area (Å²) in [5.41, 5.74) is 2.61. The van der Waals surface area contributed by atoms with Crippen LogP contribution in [0.5, 0.6) is 0 Å². The molecule has 0 spiro atoms. The summed E-state index contributed by atoms with van der Waals surface area (Å²) in [6.07, 6.45) is 2.46. The molecule has 18 heavy (non-hydrogen) atoms. The van der Waals surface area contributed by atoms with E-state index in [4.69, 9.17) is 11.6 Å². The zero-order valence-corrected chi connectivity index (χ0v) is 12.6. The van der Waals surface area contributed by atoms with Gasteiger partial charge in [-0.25, -0.2) is 0 Å². The summed E-state index contributed by atoms with van der Waals surface area (Å²) in [7, 11) is 0. The molecule has 102 valence electrons. The number of nitrogens with one attached hydrogen (secondary N) is 1. The summed E-state index contributed by atoms with van der Waals surface area (Å²) in [5, 5.41) is 4.20. The molecule has 0 heterocycles. The molecule has 1 aromatic carbocycles. The van der Waals surface area contributed by atoms with Crippen LogP contribution in [0.2, 0.25) is 5.02 Å². The van der Waals surface area contributed by atoms with Gasteiger partial charge in [-0.1, -0.05) is 31.9 Å². The number of halogens is 1. The predicted octanol–water partition coefficient (Wildman–Crippen LogP) is 4.08. The van der Waals surface area contributed by atoms with Crippen molar-refractivity contribution in [3.05, 3.63) is 28.8 Å².